The molecule has 0 aromatic carbocycles. The highest BCUT2D eigenvalue weighted by atomic mass is 32.2. The van der Waals surface area contributed by atoms with E-state index in [0.717, 1.165) is 31.4 Å². The molecule has 2 amide bonds. The maximum absolute atomic E-state index is 11.6. The van der Waals surface area contributed by atoms with Crippen molar-refractivity contribution in [3.8, 4) is 0 Å². The molecule has 1 aliphatic rings. The van der Waals surface area contributed by atoms with Crippen LogP contribution in [0.2, 0.25) is 0 Å². The van der Waals surface area contributed by atoms with Crippen LogP contribution in [0.1, 0.15) is 37.3 Å². The van der Waals surface area contributed by atoms with Gasteiger partial charge in [-0.15, -0.1) is 11.3 Å². The number of urea groups is 1. The van der Waals surface area contributed by atoms with Crippen LogP contribution in [0.25, 0.3) is 0 Å². The van der Waals surface area contributed by atoms with Gasteiger partial charge in [-0.1, -0.05) is 18.4 Å². The molecule has 1 aromatic heterocycles. The summed E-state index contributed by atoms with van der Waals surface area (Å²) in [5.74, 6) is 0.366. The predicted octanol–water partition coefficient (Wildman–Crippen LogP) is 1.65. The fourth-order valence-electron chi connectivity index (χ4n) is 2.52. The standard InChI is InChI=1S/C12H20N6OS2/c1-20-18-11(19)15-8-4-2-3-7(5-8)9-6-21-12(16-9)17-10(13)14/h6-8H,2-5H2,1H3,(H2,15,18,19)(H4,13,14,16,17). The summed E-state index contributed by atoms with van der Waals surface area (Å²) in [5.41, 5.74) is 11.7. The highest BCUT2D eigenvalue weighted by molar-refractivity contribution is 7.97. The number of guanidine groups is 1. The van der Waals surface area contributed by atoms with E-state index in [1.807, 2.05) is 11.6 Å². The van der Waals surface area contributed by atoms with Crippen LogP contribution in [0.4, 0.5) is 9.93 Å². The van der Waals surface area contributed by atoms with Crippen molar-refractivity contribution in [2.45, 2.75) is 37.6 Å². The molecule has 1 aliphatic carbocycles. The van der Waals surface area contributed by atoms with Gasteiger partial charge in [0, 0.05) is 23.6 Å². The molecular formula is C12H20N6OS2. The molecule has 1 saturated carbocycles. The molecule has 9 heteroatoms. The van der Waals surface area contributed by atoms with Crippen LogP contribution < -0.4 is 21.5 Å². The molecule has 0 radical (unpaired) electrons. The number of aromatic nitrogens is 1. The van der Waals surface area contributed by atoms with Crippen molar-refractivity contribution >= 4 is 40.4 Å². The molecule has 0 aliphatic heterocycles. The molecule has 1 heterocycles. The SMILES string of the molecule is CSNC(=O)NC1CCCC(c2csc(N=C(N)N)n2)C1. The summed E-state index contributed by atoms with van der Waals surface area (Å²) >= 11 is 2.73. The van der Waals surface area contributed by atoms with Crippen LogP contribution in [0.3, 0.4) is 0 Å². The van der Waals surface area contributed by atoms with Crippen molar-refractivity contribution in [3.63, 3.8) is 0 Å². The van der Waals surface area contributed by atoms with Crippen LogP contribution in [-0.4, -0.2) is 29.3 Å². The lowest BCUT2D eigenvalue weighted by atomic mass is 9.84. The molecule has 6 N–H and O–H groups in total. The Morgan fingerprint density at radius 3 is 3.05 bits per heavy atom. The van der Waals surface area contributed by atoms with Gasteiger partial charge >= 0.3 is 6.03 Å². The number of nitrogens with zero attached hydrogens (tertiary/aromatic N) is 2. The summed E-state index contributed by atoms with van der Waals surface area (Å²) in [6.07, 6.45) is 5.87. The lowest BCUT2D eigenvalue weighted by Gasteiger charge is -2.28. The van der Waals surface area contributed by atoms with Gasteiger partial charge in [-0.25, -0.2) is 9.78 Å². The van der Waals surface area contributed by atoms with E-state index in [1.54, 1.807) is 0 Å². The second kappa shape index (κ2) is 7.51. The first-order valence-electron chi connectivity index (χ1n) is 6.73. The summed E-state index contributed by atoms with van der Waals surface area (Å²) in [6, 6.07) is 0.0525. The number of rotatable bonds is 4. The van der Waals surface area contributed by atoms with Crippen molar-refractivity contribution in [1.29, 1.82) is 0 Å². The van der Waals surface area contributed by atoms with Crippen LogP contribution in [-0.2, 0) is 0 Å². The summed E-state index contributed by atoms with van der Waals surface area (Å²) in [6.45, 7) is 0. The monoisotopic (exact) mass is 328 g/mol. The number of carbonyl (C=O) groups is 1. The van der Waals surface area contributed by atoms with Gasteiger partial charge in [0.25, 0.3) is 0 Å². The third-order valence-corrected chi connectivity index (χ3v) is 4.50. The van der Waals surface area contributed by atoms with Crippen LogP contribution in [0, 0.1) is 0 Å². The van der Waals surface area contributed by atoms with Gasteiger partial charge in [0.15, 0.2) is 5.96 Å². The first-order chi connectivity index (χ1) is 10.1. The molecule has 1 fully saturated rings. The van der Waals surface area contributed by atoms with E-state index in [0.29, 0.717) is 11.0 Å². The Labute approximate surface area is 132 Å². The number of nitrogens with one attached hydrogen (secondary N) is 2. The second-order valence-electron chi connectivity index (χ2n) is 4.93. The van der Waals surface area contributed by atoms with E-state index in [9.17, 15) is 4.79 Å². The van der Waals surface area contributed by atoms with E-state index in [4.69, 9.17) is 11.5 Å². The van der Waals surface area contributed by atoms with Gasteiger partial charge in [0.1, 0.15) is 0 Å². The first kappa shape index (κ1) is 15.9. The number of aliphatic imine (C=N–C) groups is 1. The minimum atomic E-state index is -0.132. The number of thiazole rings is 1. The smallest absolute Gasteiger partial charge is 0.324 e. The molecule has 21 heavy (non-hydrogen) atoms. The third-order valence-electron chi connectivity index (χ3n) is 3.36. The van der Waals surface area contributed by atoms with Crippen molar-refractivity contribution in [3.05, 3.63) is 11.1 Å². The molecular weight excluding hydrogens is 308 g/mol. The average molecular weight is 328 g/mol. The lowest BCUT2D eigenvalue weighted by molar-refractivity contribution is 0.236. The van der Waals surface area contributed by atoms with Crippen molar-refractivity contribution in [2.24, 2.45) is 16.5 Å². The van der Waals surface area contributed by atoms with Gasteiger partial charge in [-0.05, 0) is 19.3 Å². The van der Waals surface area contributed by atoms with Crippen molar-refractivity contribution in [1.82, 2.24) is 15.0 Å². The molecule has 7 nitrogen and oxygen atoms in total. The van der Waals surface area contributed by atoms with E-state index in [1.165, 1.54) is 23.3 Å². The quantitative estimate of drug-likeness (QED) is 0.381. The Hall–Kier alpha value is -1.48. The van der Waals surface area contributed by atoms with E-state index in [-0.39, 0.29) is 18.0 Å². The van der Waals surface area contributed by atoms with Crippen molar-refractivity contribution in [2.75, 3.05) is 6.26 Å². The maximum Gasteiger partial charge on any atom is 0.324 e. The number of amides is 2. The maximum atomic E-state index is 11.6. The summed E-state index contributed by atoms with van der Waals surface area (Å²) in [5, 5.41) is 5.58. The zero-order chi connectivity index (χ0) is 15.2. The highest BCUT2D eigenvalue weighted by Gasteiger charge is 2.26. The summed E-state index contributed by atoms with van der Waals surface area (Å²) in [7, 11) is 0. The molecule has 0 bridgehead atoms. The minimum Gasteiger partial charge on any atom is -0.370 e. The fourth-order valence-corrected chi connectivity index (χ4v) is 3.55. The Kier molecular flexibility index (Phi) is 5.68. The normalized spacial score (nSPS) is 21.6. The largest absolute Gasteiger partial charge is 0.370 e. The van der Waals surface area contributed by atoms with Gasteiger partial charge in [0.2, 0.25) is 5.13 Å². The van der Waals surface area contributed by atoms with Crippen molar-refractivity contribution < 1.29 is 4.79 Å². The predicted molar refractivity (Wildman–Crippen MR) is 87.8 cm³/mol. The van der Waals surface area contributed by atoms with Crippen LogP contribution in [0.5, 0.6) is 0 Å². The number of nitrogens with two attached hydrogens (primary N) is 2. The van der Waals surface area contributed by atoms with Gasteiger partial charge in [-0.2, -0.15) is 4.99 Å². The number of hydrogen-bond acceptors (Lipinski definition) is 5. The molecule has 2 atom stereocenters. The summed E-state index contributed by atoms with van der Waals surface area (Å²) in [4.78, 5) is 20.0. The Morgan fingerprint density at radius 1 is 1.52 bits per heavy atom. The molecule has 2 unspecified atom stereocenters. The Morgan fingerprint density at radius 2 is 2.33 bits per heavy atom. The molecule has 1 aromatic rings. The van der Waals surface area contributed by atoms with Gasteiger partial charge in [-0.3, -0.25) is 4.72 Å². The molecule has 0 saturated heterocycles. The van der Waals surface area contributed by atoms with Crippen LogP contribution >= 0.6 is 23.3 Å². The van der Waals surface area contributed by atoms with Gasteiger partial charge < -0.3 is 16.8 Å². The summed E-state index contributed by atoms with van der Waals surface area (Å²) < 4.78 is 2.68. The Bertz CT molecular complexity index is 514. The zero-order valence-electron chi connectivity index (χ0n) is 11.8. The van der Waals surface area contributed by atoms with E-state index in [2.05, 4.69) is 20.0 Å². The van der Waals surface area contributed by atoms with Gasteiger partial charge in [0.05, 0.1) is 5.69 Å². The number of carbonyl (C=O) groups excluding carboxylic acids is 1. The molecule has 2 rings (SSSR count). The van der Waals surface area contributed by atoms with Crippen LogP contribution in [0.15, 0.2) is 10.4 Å². The van der Waals surface area contributed by atoms with E-state index < -0.39 is 0 Å². The molecule has 0 spiro atoms. The third kappa shape index (κ3) is 4.78. The zero-order valence-corrected chi connectivity index (χ0v) is 13.5. The van der Waals surface area contributed by atoms with E-state index >= 15 is 0 Å². The average Bonchev–Trinajstić information content (AvgIpc) is 2.87. The Balaban J connectivity index is 1.96. The highest BCUT2D eigenvalue weighted by Crippen LogP contribution is 2.34. The first-order valence-corrected chi connectivity index (χ1v) is 8.83. The lowest BCUT2D eigenvalue weighted by Crippen LogP contribution is -2.41. The fraction of sp³-hybridized carbons (Fsp3) is 0.583. The minimum absolute atomic E-state index is 0.0211. The number of hydrogen-bond donors (Lipinski definition) is 4. The molecule has 116 valence electrons. The second-order valence-corrected chi connectivity index (χ2v) is 6.38. The topological polar surface area (TPSA) is 118 Å².